The Balaban J connectivity index is 4.37. The average molecular weight is 259 g/mol. The van der Waals surface area contributed by atoms with Gasteiger partial charge in [0, 0.05) is 0 Å². The van der Waals surface area contributed by atoms with Crippen molar-refractivity contribution in [3.8, 4) is 0 Å². The molecule has 3 radical (unpaired) electrons. The number of carbonyl (C=O) groups excluding carboxylic acids is 3. The molecule has 0 fully saturated rings. The van der Waals surface area contributed by atoms with Crippen LogP contribution in [0.25, 0.3) is 0 Å². The maximum absolute atomic E-state index is 10.8. The van der Waals surface area contributed by atoms with Crippen LogP contribution in [0.2, 0.25) is 0 Å². The Morgan fingerprint density at radius 2 is 1.06 bits per heavy atom. The molecule has 0 heterocycles. The van der Waals surface area contributed by atoms with Gasteiger partial charge in [0.2, 0.25) is 5.60 Å². The number of ketones is 3. The van der Waals surface area contributed by atoms with Crippen LogP contribution in [0, 0.1) is 0 Å². The number of rotatable bonds is 9. The molecule has 0 spiro atoms. The zero-order chi connectivity index (χ0) is 13.5. The summed E-state index contributed by atoms with van der Waals surface area (Å²) in [6.07, 6.45) is 0. The highest BCUT2D eigenvalue weighted by Crippen LogP contribution is 2.11. The molecule has 0 aromatic rings. The highest BCUT2D eigenvalue weighted by Gasteiger charge is 2.28. The van der Waals surface area contributed by atoms with Crippen LogP contribution in [0.4, 0.5) is 0 Å². The second-order valence-electron chi connectivity index (χ2n) is 3.53. The van der Waals surface area contributed by atoms with Crippen molar-refractivity contribution in [2.75, 3.05) is 19.8 Å². The summed E-state index contributed by atoms with van der Waals surface area (Å²) in [5.41, 5.74) is -1.76. The summed E-state index contributed by atoms with van der Waals surface area (Å²) in [4.78, 5) is 32.3. The van der Waals surface area contributed by atoms with Crippen LogP contribution in [0.5, 0.6) is 0 Å². The molecule has 0 rings (SSSR count). The maximum atomic E-state index is 10.8. The van der Waals surface area contributed by atoms with Gasteiger partial charge in [-0.15, -0.1) is 0 Å². The van der Waals surface area contributed by atoms with E-state index in [9.17, 15) is 14.4 Å². The van der Waals surface area contributed by atoms with Crippen molar-refractivity contribution < 1.29 is 28.6 Å². The summed E-state index contributed by atoms with van der Waals surface area (Å²) in [5.74, 6) is -0.735. The summed E-state index contributed by atoms with van der Waals surface area (Å²) in [6, 6.07) is 0. The molecule has 0 aliphatic carbocycles. The summed E-state index contributed by atoms with van der Waals surface area (Å²) in [6.45, 7) is 3.17. The van der Waals surface area contributed by atoms with Crippen LogP contribution in [0.3, 0.4) is 0 Å². The van der Waals surface area contributed by atoms with Gasteiger partial charge in [0.15, 0.2) is 27.6 Å². The topological polar surface area (TPSA) is 78.9 Å². The highest BCUT2D eigenvalue weighted by molar-refractivity contribution is 6.12. The SMILES string of the molecule is CC(=O)COC([Si])(OCC(C)=O)OCC(C)=O. The molecule has 0 bridgehead atoms. The van der Waals surface area contributed by atoms with Crippen LogP contribution in [0.1, 0.15) is 20.8 Å². The Morgan fingerprint density at radius 3 is 1.24 bits per heavy atom. The molecule has 0 amide bonds. The molecule has 0 saturated heterocycles. The molecule has 0 aliphatic heterocycles. The van der Waals surface area contributed by atoms with E-state index in [1.165, 1.54) is 20.8 Å². The number of hydrogen-bond acceptors (Lipinski definition) is 6. The van der Waals surface area contributed by atoms with E-state index in [1.807, 2.05) is 0 Å². The lowest BCUT2D eigenvalue weighted by Gasteiger charge is -2.28. The zero-order valence-electron chi connectivity index (χ0n) is 10.1. The van der Waals surface area contributed by atoms with Crippen molar-refractivity contribution in [1.29, 1.82) is 0 Å². The van der Waals surface area contributed by atoms with Crippen LogP contribution in [0.15, 0.2) is 0 Å². The predicted octanol–water partition coefficient (Wildman–Crippen LogP) is -0.417. The lowest BCUT2D eigenvalue weighted by molar-refractivity contribution is -0.315. The van der Waals surface area contributed by atoms with E-state index in [0.29, 0.717) is 0 Å². The zero-order valence-corrected chi connectivity index (χ0v) is 11.1. The third-order valence-corrected chi connectivity index (χ3v) is 1.83. The van der Waals surface area contributed by atoms with E-state index < -0.39 is 5.60 Å². The van der Waals surface area contributed by atoms with Crippen LogP contribution >= 0.6 is 0 Å². The second kappa shape index (κ2) is 7.44. The Bertz CT molecular complexity index is 256. The smallest absolute Gasteiger partial charge is 0.249 e. The van der Waals surface area contributed by atoms with Crippen molar-refractivity contribution in [1.82, 2.24) is 0 Å². The van der Waals surface area contributed by atoms with Crippen molar-refractivity contribution >= 4 is 27.6 Å². The van der Waals surface area contributed by atoms with E-state index in [1.54, 1.807) is 0 Å². The molecule has 0 aromatic heterocycles. The molecular formula is C10H15O6Si. The molecular weight excluding hydrogens is 244 g/mol. The number of Topliss-reactive ketones (excluding diaryl/α,β-unsaturated/α-hetero) is 3. The van der Waals surface area contributed by atoms with E-state index in [4.69, 9.17) is 14.2 Å². The van der Waals surface area contributed by atoms with Gasteiger partial charge in [-0.05, 0) is 20.8 Å². The minimum Gasteiger partial charge on any atom is -0.324 e. The summed E-state index contributed by atoms with van der Waals surface area (Å²) in [7, 11) is 3.00. The van der Waals surface area contributed by atoms with E-state index in [2.05, 4.69) is 10.2 Å². The van der Waals surface area contributed by atoms with E-state index >= 15 is 0 Å². The fraction of sp³-hybridized carbons (Fsp3) is 0.700. The first-order chi connectivity index (χ1) is 7.75. The van der Waals surface area contributed by atoms with E-state index in [-0.39, 0.29) is 37.2 Å². The highest BCUT2D eigenvalue weighted by atomic mass is 28.1. The van der Waals surface area contributed by atoms with Crippen molar-refractivity contribution in [3.63, 3.8) is 0 Å². The summed E-state index contributed by atoms with van der Waals surface area (Å²) in [5, 5.41) is 0. The van der Waals surface area contributed by atoms with Crippen LogP contribution in [-0.2, 0) is 28.6 Å². The first kappa shape index (κ1) is 16.1. The number of carbonyl (C=O) groups is 3. The van der Waals surface area contributed by atoms with Gasteiger partial charge in [-0.2, -0.15) is 0 Å². The van der Waals surface area contributed by atoms with Crippen LogP contribution in [-0.4, -0.2) is 53.0 Å². The lowest BCUT2D eigenvalue weighted by Crippen LogP contribution is -2.43. The maximum Gasteiger partial charge on any atom is 0.249 e. The third kappa shape index (κ3) is 8.87. The first-order valence-corrected chi connectivity index (χ1v) is 5.40. The first-order valence-electron chi connectivity index (χ1n) is 4.90. The van der Waals surface area contributed by atoms with Gasteiger partial charge in [0.05, 0.1) is 0 Å². The van der Waals surface area contributed by atoms with Crippen molar-refractivity contribution in [2.24, 2.45) is 0 Å². The monoisotopic (exact) mass is 259 g/mol. The van der Waals surface area contributed by atoms with Gasteiger partial charge in [-0.25, -0.2) is 0 Å². The fourth-order valence-electron chi connectivity index (χ4n) is 0.715. The Morgan fingerprint density at radius 1 is 0.824 bits per heavy atom. The second-order valence-corrected chi connectivity index (χ2v) is 4.14. The lowest BCUT2D eigenvalue weighted by atomic mass is 10.5. The Hall–Kier alpha value is -0.893. The summed E-state index contributed by atoms with van der Waals surface area (Å²) >= 11 is 0. The van der Waals surface area contributed by atoms with Gasteiger partial charge in [-0.3, -0.25) is 14.4 Å². The van der Waals surface area contributed by atoms with Gasteiger partial charge in [0.25, 0.3) is 0 Å². The molecule has 0 aromatic carbocycles. The minimum absolute atomic E-state index is 0.245. The van der Waals surface area contributed by atoms with Crippen LogP contribution < -0.4 is 0 Å². The third-order valence-electron chi connectivity index (χ3n) is 1.40. The molecule has 0 atom stereocenters. The molecule has 7 heteroatoms. The average Bonchev–Trinajstić information content (AvgIpc) is 2.21. The number of ether oxygens (including phenoxy) is 3. The Labute approximate surface area is 103 Å². The molecule has 17 heavy (non-hydrogen) atoms. The molecule has 95 valence electrons. The summed E-state index contributed by atoms with van der Waals surface area (Å²) < 4.78 is 15.0. The molecule has 0 N–H and O–H groups in total. The normalized spacial score (nSPS) is 11.3. The molecule has 0 saturated carbocycles. The van der Waals surface area contributed by atoms with E-state index in [0.717, 1.165) is 0 Å². The van der Waals surface area contributed by atoms with Gasteiger partial charge >= 0.3 is 0 Å². The fourth-order valence-corrected chi connectivity index (χ4v) is 0.931. The van der Waals surface area contributed by atoms with Gasteiger partial charge < -0.3 is 14.2 Å². The number of hydrogen-bond donors (Lipinski definition) is 0. The van der Waals surface area contributed by atoms with Gasteiger partial charge in [-0.1, -0.05) is 0 Å². The predicted molar refractivity (Wildman–Crippen MR) is 58.4 cm³/mol. The largest absolute Gasteiger partial charge is 0.324 e. The minimum atomic E-state index is -1.76. The standard InChI is InChI=1S/C10H15O6Si/c1-7(11)4-14-10(17,15-5-8(2)12)16-6-9(3)13/h4-6H2,1-3H3. The quantitative estimate of drug-likeness (QED) is 0.413. The molecule has 6 nitrogen and oxygen atoms in total. The molecule has 0 aliphatic rings. The van der Waals surface area contributed by atoms with Crippen molar-refractivity contribution in [3.05, 3.63) is 0 Å². The van der Waals surface area contributed by atoms with Gasteiger partial charge in [0.1, 0.15) is 19.8 Å². The molecule has 0 unspecified atom stereocenters. The Kier molecular flexibility index (Phi) is 7.05. The van der Waals surface area contributed by atoms with Crippen molar-refractivity contribution in [2.45, 2.75) is 26.4 Å².